The second kappa shape index (κ2) is 12.5. The minimum absolute atomic E-state index is 0.176. The van der Waals surface area contributed by atoms with Crippen LogP contribution in [0.3, 0.4) is 0 Å². The Labute approximate surface area is 218 Å². The molecule has 0 bridgehead atoms. The fourth-order valence-corrected chi connectivity index (χ4v) is 4.22. The van der Waals surface area contributed by atoms with E-state index >= 15 is 0 Å². The lowest BCUT2D eigenvalue weighted by Gasteiger charge is -2.22. The monoisotopic (exact) mass is 492 g/mol. The van der Waals surface area contributed by atoms with Crippen molar-refractivity contribution in [2.45, 2.75) is 31.8 Å². The van der Waals surface area contributed by atoms with Crippen LogP contribution in [-0.2, 0) is 22.4 Å². The molecule has 4 aromatic rings. The van der Waals surface area contributed by atoms with Gasteiger partial charge in [0.25, 0.3) is 0 Å². The van der Waals surface area contributed by atoms with Crippen LogP contribution < -0.4 is 15.4 Å². The van der Waals surface area contributed by atoms with Crippen LogP contribution in [0.4, 0.5) is 0 Å². The van der Waals surface area contributed by atoms with Crippen molar-refractivity contribution in [3.8, 4) is 16.9 Å². The maximum absolute atomic E-state index is 13.3. The summed E-state index contributed by atoms with van der Waals surface area (Å²) in [5.41, 5.74) is 5.06. The number of amides is 2. The van der Waals surface area contributed by atoms with Crippen LogP contribution in [0.1, 0.15) is 29.7 Å². The van der Waals surface area contributed by atoms with Crippen molar-refractivity contribution < 1.29 is 14.3 Å². The summed E-state index contributed by atoms with van der Waals surface area (Å²) in [5.74, 6) is 0.306. The Balaban J connectivity index is 1.48. The molecule has 188 valence electrons. The Kier molecular flexibility index (Phi) is 8.71. The smallest absolute Gasteiger partial charge is 0.243 e. The van der Waals surface area contributed by atoms with Crippen molar-refractivity contribution in [2.75, 3.05) is 7.11 Å². The van der Waals surface area contributed by atoms with E-state index in [1.165, 1.54) is 0 Å². The molecule has 0 heterocycles. The topological polar surface area (TPSA) is 67.4 Å². The molecule has 0 saturated carbocycles. The average Bonchev–Trinajstić information content (AvgIpc) is 2.94. The molecule has 4 rings (SSSR count). The summed E-state index contributed by atoms with van der Waals surface area (Å²) in [4.78, 5) is 26.3. The number of hydrogen-bond acceptors (Lipinski definition) is 3. The highest BCUT2D eigenvalue weighted by molar-refractivity contribution is 5.89. The summed E-state index contributed by atoms with van der Waals surface area (Å²) in [7, 11) is 1.60. The Morgan fingerprint density at radius 3 is 1.89 bits per heavy atom. The molecule has 2 atom stereocenters. The zero-order valence-electron chi connectivity index (χ0n) is 21.2. The third kappa shape index (κ3) is 7.31. The van der Waals surface area contributed by atoms with Gasteiger partial charge in [0.05, 0.1) is 19.6 Å². The van der Waals surface area contributed by atoms with Crippen LogP contribution in [-0.4, -0.2) is 25.0 Å². The van der Waals surface area contributed by atoms with E-state index in [9.17, 15) is 9.59 Å². The Morgan fingerprint density at radius 1 is 0.703 bits per heavy atom. The fourth-order valence-electron chi connectivity index (χ4n) is 4.22. The van der Waals surface area contributed by atoms with E-state index in [-0.39, 0.29) is 24.3 Å². The minimum Gasteiger partial charge on any atom is -0.497 e. The summed E-state index contributed by atoms with van der Waals surface area (Å²) in [6.07, 6.45) is 0.561. The quantitative estimate of drug-likeness (QED) is 0.307. The Bertz CT molecular complexity index is 1290. The number of carbonyl (C=O) groups is 2. The first-order valence-corrected chi connectivity index (χ1v) is 12.4. The standard InChI is InChI=1S/C32H32N2O3/c1-23(26-9-5-3-6-10-26)33-32(36)30(34-31(35)22-25-15-19-29(37-2)20-16-25)21-24-13-17-28(18-14-24)27-11-7-4-8-12-27/h3-20,23,30H,21-22H2,1-2H3,(H,33,36)(H,34,35). The lowest BCUT2D eigenvalue weighted by atomic mass is 9.99. The van der Waals surface area contributed by atoms with Gasteiger partial charge in [-0.3, -0.25) is 9.59 Å². The van der Waals surface area contributed by atoms with Crippen molar-refractivity contribution in [1.82, 2.24) is 10.6 Å². The van der Waals surface area contributed by atoms with E-state index in [1.54, 1.807) is 7.11 Å². The third-order valence-corrected chi connectivity index (χ3v) is 6.33. The van der Waals surface area contributed by atoms with Gasteiger partial charge in [-0.2, -0.15) is 0 Å². The summed E-state index contributed by atoms with van der Waals surface area (Å²) < 4.78 is 5.19. The maximum Gasteiger partial charge on any atom is 0.243 e. The van der Waals surface area contributed by atoms with Gasteiger partial charge in [-0.1, -0.05) is 97.1 Å². The van der Waals surface area contributed by atoms with E-state index < -0.39 is 6.04 Å². The first-order valence-electron chi connectivity index (χ1n) is 12.4. The van der Waals surface area contributed by atoms with Gasteiger partial charge >= 0.3 is 0 Å². The Hall–Kier alpha value is -4.38. The number of benzene rings is 4. The Morgan fingerprint density at radius 2 is 1.27 bits per heavy atom. The molecule has 2 N–H and O–H groups in total. The van der Waals surface area contributed by atoms with E-state index in [2.05, 4.69) is 22.8 Å². The van der Waals surface area contributed by atoms with Crippen LogP contribution >= 0.6 is 0 Å². The molecule has 37 heavy (non-hydrogen) atoms. The number of carbonyl (C=O) groups excluding carboxylic acids is 2. The van der Waals surface area contributed by atoms with Gasteiger partial charge in [-0.15, -0.1) is 0 Å². The molecule has 0 spiro atoms. The van der Waals surface area contributed by atoms with E-state index in [0.717, 1.165) is 33.6 Å². The summed E-state index contributed by atoms with van der Waals surface area (Å²) in [6.45, 7) is 1.94. The summed E-state index contributed by atoms with van der Waals surface area (Å²) in [5, 5.41) is 6.03. The van der Waals surface area contributed by atoms with Gasteiger partial charge in [0.15, 0.2) is 0 Å². The number of methoxy groups -OCH3 is 1. The van der Waals surface area contributed by atoms with Crippen LogP contribution in [0.2, 0.25) is 0 Å². The molecular formula is C32H32N2O3. The van der Waals surface area contributed by atoms with Gasteiger partial charge < -0.3 is 15.4 Å². The normalized spacial score (nSPS) is 12.3. The maximum atomic E-state index is 13.3. The van der Waals surface area contributed by atoms with Crippen molar-refractivity contribution in [1.29, 1.82) is 0 Å². The molecule has 0 aromatic heterocycles. The molecule has 2 amide bonds. The summed E-state index contributed by atoms with van der Waals surface area (Å²) in [6, 6.07) is 34.5. The molecule has 0 radical (unpaired) electrons. The van der Waals surface area contributed by atoms with E-state index in [4.69, 9.17) is 4.74 Å². The van der Waals surface area contributed by atoms with Gasteiger partial charge in [0.2, 0.25) is 11.8 Å². The molecule has 0 aliphatic heterocycles. The molecule has 5 heteroatoms. The average molecular weight is 493 g/mol. The highest BCUT2D eigenvalue weighted by atomic mass is 16.5. The zero-order chi connectivity index (χ0) is 26.0. The molecule has 4 aromatic carbocycles. The second-order valence-electron chi connectivity index (χ2n) is 9.05. The highest BCUT2D eigenvalue weighted by Gasteiger charge is 2.23. The number of nitrogens with one attached hydrogen (secondary N) is 2. The minimum atomic E-state index is -0.709. The van der Waals surface area contributed by atoms with Crippen LogP contribution in [0.25, 0.3) is 11.1 Å². The van der Waals surface area contributed by atoms with E-state index in [1.807, 2.05) is 104 Å². The fraction of sp³-hybridized carbons (Fsp3) is 0.188. The first-order chi connectivity index (χ1) is 18.0. The largest absolute Gasteiger partial charge is 0.497 e. The second-order valence-corrected chi connectivity index (χ2v) is 9.05. The molecule has 2 unspecified atom stereocenters. The third-order valence-electron chi connectivity index (χ3n) is 6.33. The predicted octanol–water partition coefficient (Wildman–Crippen LogP) is 5.51. The molecule has 0 aliphatic rings. The van der Waals surface area contributed by atoms with Gasteiger partial charge in [-0.25, -0.2) is 0 Å². The number of ether oxygens (including phenoxy) is 1. The lowest BCUT2D eigenvalue weighted by Crippen LogP contribution is -2.49. The molecular weight excluding hydrogens is 460 g/mol. The van der Waals surface area contributed by atoms with Crippen molar-refractivity contribution >= 4 is 11.8 Å². The molecule has 0 aliphatic carbocycles. The van der Waals surface area contributed by atoms with Crippen LogP contribution in [0.15, 0.2) is 109 Å². The van der Waals surface area contributed by atoms with Gasteiger partial charge in [0.1, 0.15) is 11.8 Å². The van der Waals surface area contributed by atoms with Crippen molar-refractivity contribution in [2.24, 2.45) is 0 Å². The molecule has 5 nitrogen and oxygen atoms in total. The van der Waals surface area contributed by atoms with E-state index in [0.29, 0.717) is 6.42 Å². The zero-order valence-corrected chi connectivity index (χ0v) is 21.2. The highest BCUT2D eigenvalue weighted by Crippen LogP contribution is 2.20. The lowest BCUT2D eigenvalue weighted by molar-refractivity contribution is -0.129. The first kappa shape index (κ1) is 25.7. The SMILES string of the molecule is COc1ccc(CC(=O)NC(Cc2ccc(-c3ccccc3)cc2)C(=O)NC(C)c2ccccc2)cc1. The molecule has 0 fully saturated rings. The van der Waals surface area contributed by atoms with Gasteiger partial charge in [0, 0.05) is 6.42 Å². The van der Waals surface area contributed by atoms with Crippen LogP contribution in [0, 0.1) is 0 Å². The van der Waals surface area contributed by atoms with Crippen LogP contribution in [0.5, 0.6) is 5.75 Å². The van der Waals surface area contributed by atoms with Gasteiger partial charge in [-0.05, 0) is 46.9 Å². The number of hydrogen-bond donors (Lipinski definition) is 2. The van der Waals surface area contributed by atoms with Crippen molar-refractivity contribution in [3.63, 3.8) is 0 Å². The number of rotatable bonds is 10. The summed E-state index contributed by atoms with van der Waals surface area (Å²) >= 11 is 0. The van der Waals surface area contributed by atoms with Crippen molar-refractivity contribution in [3.05, 3.63) is 126 Å². The predicted molar refractivity (Wildman–Crippen MR) is 147 cm³/mol. The molecule has 0 saturated heterocycles.